The van der Waals surface area contributed by atoms with Crippen LogP contribution in [0.25, 0.3) is 21.8 Å². The first-order valence-electron chi connectivity index (χ1n) is 10.7. The Morgan fingerprint density at radius 2 is 1.94 bits per heavy atom. The summed E-state index contributed by atoms with van der Waals surface area (Å²) in [5.74, 6) is 1.61. The van der Waals surface area contributed by atoms with Gasteiger partial charge in [0.2, 0.25) is 0 Å². The smallest absolute Gasteiger partial charge is 0.368 e. The van der Waals surface area contributed by atoms with E-state index in [0.717, 1.165) is 41.0 Å². The molecular formula is C25H22N6O2. The maximum atomic E-state index is 12.5. The van der Waals surface area contributed by atoms with Crippen LogP contribution in [0.5, 0.6) is 5.75 Å². The highest BCUT2D eigenvalue weighted by molar-refractivity contribution is 5.64. The van der Waals surface area contributed by atoms with Crippen LogP contribution in [0.2, 0.25) is 0 Å². The zero-order chi connectivity index (χ0) is 22.9. The zero-order valence-corrected chi connectivity index (χ0v) is 18.4. The van der Waals surface area contributed by atoms with E-state index < -0.39 is 0 Å². The van der Waals surface area contributed by atoms with Crippen LogP contribution in [0.1, 0.15) is 35.4 Å². The summed E-state index contributed by atoms with van der Waals surface area (Å²) in [5, 5.41) is 7.89. The van der Waals surface area contributed by atoms with Gasteiger partial charge in [0.15, 0.2) is 5.69 Å². The molecule has 8 heteroatoms. The van der Waals surface area contributed by atoms with Crippen molar-refractivity contribution in [3.63, 3.8) is 0 Å². The Morgan fingerprint density at radius 3 is 2.64 bits per heavy atom. The predicted molar refractivity (Wildman–Crippen MR) is 124 cm³/mol. The summed E-state index contributed by atoms with van der Waals surface area (Å²) in [5.41, 5.74) is 5.20. The first-order chi connectivity index (χ1) is 16.0. The molecule has 8 nitrogen and oxygen atoms in total. The molecule has 2 aromatic heterocycles. The highest BCUT2D eigenvalue weighted by Crippen LogP contribution is 2.43. The first-order valence-corrected chi connectivity index (χ1v) is 10.7. The fourth-order valence-electron chi connectivity index (χ4n) is 3.96. The molecule has 0 N–H and O–H groups in total. The number of aryl methyl sites for hydroxylation is 2. The SMILES string of the molecule is [C-]#[N+]c1cccc(-c2ccc(OCc3c(C4CC4)cccc3-n3nnn(C)c3=O)c(C)c2)n1. The molecule has 1 saturated carbocycles. The number of nitrogens with zero attached hydrogens (tertiary/aromatic N) is 6. The van der Waals surface area contributed by atoms with E-state index in [1.54, 1.807) is 13.1 Å². The van der Waals surface area contributed by atoms with Gasteiger partial charge in [-0.3, -0.25) is 0 Å². The van der Waals surface area contributed by atoms with Crippen LogP contribution < -0.4 is 10.4 Å². The van der Waals surface area contributed by atoms with Crippen molar-refractivity contribution in [3.8, 4) is 22.7 Å². The molecule has 0 saturated heterocycles. The maximum absolute atomic E-state index is 12.5. The van der Waals surface area contributed by atoms with Gasteiger partial charge in [0.25, 0.3) is 5.82 Å². The quantitative estimate of drug-likeness (QED) is 0.418. The topological polar surface area (TPSA) is 79.2 Å². The average molecular weight is 438 g/mol. The molecular weight excluding hydrogens is 416 g/mol. The summed E-state index contributed by atoms with van der Waals surface area (Å²) < 4.78 is 8.79. The molecule has 0 spiro atoms. The van der Waals surface area contributed by atoms with Crippen LogP contribution in [-0.2, 0) is 13.7 Å². The van der Waals surface area contributed by atoms with E-state index in [4.69, 9.17) is 11.3 Å². The molecule has 1 aliphatic carbocycles. The largest absolute Gasteiger partial charge is 0.489 e. The van der Waals surface area contributed by atoms with Crippen LogP contribution in [0.15, 0.2) is 59.4 Å². The van der Waals surface area contributed by atoms with Gasteiger partial charge in [-0.25, -0.2) is 4.79 Å². The van der Waals surface area contributed by atoms with Crippen LogP contribution in [0.3, 0.4) is 0 Å². The second-order valence-electron chi connectivity index (χ2n) is 8.18. The molecule has 164 valence electrons. The van der Waals surface area contributed by atoms with Crippen LogP contribution in [0.4, 0.5) is 5.82 Å². The molecule has 5 rings (SSSR count). The number of aromatic nitrogens is 5. The summed E-state index contributed by atoms with van der Waals surface area (Å²) in [6, 6.07) is 17.2. The third-order valence-electron chi connectivity index (χ3n) is 5.85. The van der Waals surface area contributed by atoms with Crippen molar-refractivity contribution in [2.45, 2.75) is 32.3 Å². The monoisotopic (exact) mass is 438 g/mol. The number of pyridine rings is 1. The number of rotatable bonds is 6. The van der Waals surface area contributed by atoms with E-state index in [9.17, 15) is 4.79 Å². The zero-order valence-electron chi connectivity index (χ0n) is 18.4. The van der Waals surface area contributed by atoms with E-state index in [1.165, 1.54) is 14.9 Å². The van der Waals surface area contributed by atoms with Crippen molar-refractivity contribution in [2.75, 3.05) is 0 Å². The second-order valence-corrected chi connectivity index (χ2v) is 8.18. The van der Waals surface area contributed by atoms with E-state index >= 15 is 0 Å². The minimum Gasteiger partial charge on any atom is -0.489 e. The fourth-order valence-corrected chi connectivity index (χ4v) is 3.96. The maximum Gasteiger partial charge on any atom is 0.368 e. The van der Waals surface area contributed by atoms with Crippen molar-refractivity contribution in [1.29, 1.82) is 0 Å². The molecule has 4 aromatic rings. The minimum atomic E-state index is -0.293. The number of benzene rings is 2. The van der Waals surface area contributed by atoms with Crippen molar-refractivity contribution in [3.05, 3.63) is 93.2 Å². The summed E-state index contributed by atoms with van der Waals surface area (Å²) in [7, 11) is 1.58. The number of hydrogen-bond donors (Lipinski definition) is 0. The molecule has 0 amide bonds. The minimum absolute atomic E-state index is 0.293. The molecule has 0 bridgehead atoms. The highest BCUT2D eigenvalue weighted by Gasteiger charge is 2.28. The van der Waals surface area contributed by atoms with Gasteiger partial charge in [0, 0.05) is 18.2 Å². The van der Waals surface area contributed by atoms with Gasteiger partial charge < -0.3 is 9.58 Å². The van der Waals surface area contributed by atoms with Crippen molar-refractivity contribution < 1.29 is 4.74 Å². The Bertz CT molecular complexity index is 1440. The van der Waals surface area contributed by atoms with Crippen molar-refractivity contribution in [2.24, 2.45) is 7.05 Å². The lowest BCUT2D eigenvalue weighted by Crippen LogP contribution is -2.23. The summed E-state index contributed by atoms with van der Waals surface area (Å²) >= 11 is 0. The Kier molecular flexibility index (Phi) is 5.23. The normalized spacial score (nSPS) is 13.0. The lowest BCUT2D eigenvalue weighted by molar-refractivity contribution is 0.302. The predicted octanol–water partition coefficient (Wildman–Crippen LogP) is 4.34. The second kappa shape index (κ2) is 8.36. The Morgan fingerprint density at radius 1 is 1.12 bits per heavy atom. The van der Waals surface area contributed by atoms with Gasteiger partial charge >= 0.3 is 5.69 Å². The van der Waals surface area contributed by atoms with Gasteiger partial charge in [-0.05, 0) is 83.6 Å². The van der Waals surface area contributed by atoms with Crippen molar-refractivity contribution in [1.82, 2.24) is 24.8 Å². The van der Waals surface area contributed by atoms with E-state index in [0.29, 0.717) is 24.0 Å². The first kappa shape index (κ1) is 20.6. The van der Waals surface area contributed by atoms with E-state index in [-0.39, 0.29) is 5.69 Å². The Labute approximate surface area is 190 Å². The number of hydrogen-bond acceptors (Lipinski definition) is 5. The van der Waals surface area contributed by atoms with Gasteiger partial charge in [0.05, 0.1) is 5.69 Å². The van der Waals surface area contributed by atoms with Gasteiger partial charge in [-0.1, -0.05) is 24.8 Å². The molecule has 1 aliphatic rings. The third-order valence-corrected chi connectivity index (χ3v) is 5.85. The standard InChI is InChI=1S/C25H22N6O2/c1-16-14-18(21-7-5-9-24(26-2)27-21)12-13-23(16)33-15-20-19(17-10-11-17)6-4-8-22(20)31-25(32)30(3)28-29-31/h4-9,12-14,17H,10-11,15H2,1,3H3. The van der Waals surface area contributed by atoms with Crippen LogP contribution >= 0.6 is 0 Å². The summed E-state index contributed by atoms with van der Waals surface area (Å²) in [6.07, 6.45) is 2.27. The molecule has 0 unspecified atom stereocenters. The molecule has 2 heterocycles. The molecule has 2 aromatic carbocycles. The highest BCUT2D eigenvalue weighted by atomic mass is 16.5. The number of tetrazole rings is 1. The fraction of sp³-hybridized carbons (Fsp3) is 0.240. The van der Waals surface area contributed by atoms with Crippen molar-refractivity contribution >= 4 is 5.82 Å². The lowest BCUT2D eigenvalue weighted by atomic mass is 10.0. The average Bonchev–Trinajstić information content (AvgIpc) is 3.63. The Hall–Kier alpha value is -4.25. The van der Waals surface area contributed by atoms with E-state index in [2.05, 4.69) is 26.3 Å². The molecule has 33 heavy (non-hydrogen) atoms. The lowest BCUT2D eigenvalue weighted by Gasteiger charge is -2.16. The molecule has 0 radical (unpaired) electrons. The Balaban J connectivity index is 1.45. The molecule has 0 aliphatic heterocycles. The summed E-state index contributed by atoms with van der Waals surface area (Å²) in [6.45, 7) is 9.47. The van der Waals surface area contributed by atoms with Crippen LogP contribution in [-0.4, -0.2) is 24.8 Å². The van der Waals surface area contributed by atoms with Gasteiger partial charge in [-0.2, -0.15) is 9.36 Å². The van der Waals surface area contributed by atoms with E-state index in [1.807, 2.05) is 49.4 Å². The molecule has 1 fully saturated rings. The van der Waals surface area contributed by atoms with Gasteiger partial charge in [0.1, 0.15) is 12.4 Å². The van der Waals surface area contributed by atoms with Gasteiger partial charge in [-0.15, -0.1) is 4.98 Å². The summed E-state index contributed by atoms with van der Waals surface area (Å²) in [4.78, 5) is 20.3. The number of ether oxygens (including phenoxy) is 1. The molecule has 0 atom stereocenters. The third kappa shape index (κ3) is 4.01. The van der Waals surface area contributed by atoms with Crippen LogP contribution in [0, 0.1) is 13.5 Å².